The van der Waals surface area contributed by atoms with Crippen LogP contribution in [0.2, 0.25) is 0 Å². The van der Waals surface area contributed by atoms with E-state index in [4.69, 9.17) is 17.0 Å². The van der Waals surface area contributed by atoms with Crippen molar-refractivity contribution in [3.63, 3.8) is 0 Å². The fourth-order valence-corrected chi connectivity index (χ4v) is 1.36. The summed E-state index contributed by atoms with van der Waals surface area (Å²) in [5.41, 5.74) is 0. The number of methoxy groups -OCH3 is 1. The first kappa shape index (κ1) is 10.1. The van der Waals surface area contributed by atoms with E-state index in [2.05, 4.69) is 20.6 Å². The summed E-state index contributed by atoms with van der Waals surface area (Å²) in [6.07, 6.45) is 3.81. The number of ether oxygens (including phenoxy) is 1. The molecule has 2 N–H and O–H groups in total. The number of nitrogens with one attached hydrogen (secondary N) is 2. The van der Waals surface area contributed by atoms with E-state index < -0.39 is 0 Å². The maximum Gasteiger partial charge on any atom is 0.218 e. The van der Waals surface area contributed by atoms with E-state index in [1.54, 1.807) is 13.2 Å². The summed E-state index contributed by atoms with van der Waals surface area (Å²) >= 11 is 5.11. The summed E-state index contributed by atoms with van der Waals surface area (Å²) in [6.45, 7) is 0. The van der Waals surface area contributed by atoms with Crippen LogP contribution in [0.4, 0.5) is 5.82 Å². The first-order valence-electron chi connectivity index (χ1n) is 4.71. The summed E-state index contributed by atoms with van der Waals surface area (Å²) in [7, 11) is 1.56. The van der Waals surface area contributed by atoms with Crippen molar-refractivity contribution in [3.8, 4) is 5.88 Å². The molecule has 0 bridgehead atoms. The Hall–Kier alpha value is -1.43. The summed E-state index contributed by atoms with van der Waals surface area (Å²) in [4.78, 5) is 7.93. The van der Waals surface area contributed by atoms with Gasteiger partial charge in [-0.05, 0) is 25.1 Å². The summed E-state index contributed by atoms with van der Waals surface area (Å²) in [5, 5.41) is 6.73. The highest BCUT2D eigenvalue weighted by atomic mass is 32.1. The van der Waals surface area contributed by atoms with Crippen LogP contribution >= 0.6 is 12.2 Å². The zero-order valence-electron chi connectivity index (χ0n) is 8.36. The Balaban J connectivity index is 1.93. The largest absolute Gasteiger partial charge is 0.481 e. The first-order chi connectivity index (χ1) is 7.28. The van der Waals surface area contributed by atoms with Crippen molar-refractivity contribution in [1.29, 1.82) is 0 Å². The standard InChI is InChI=1S/C9H12N4OS/c1-14-8-4-7(10-5-11-8)13-9(15)12-6-2-3-6/h4-6H,2-3H2,1H3,(H2,10,11,12,13,15). The Morgan fingerprint density at radius 2 is 2.33 bits per heavy atom. The predicted octanol–water partition coefficient (Wildman–Crippen LogP) is 0.934. The number of nitrogens with zero attached hydrogens (tertiary/aromatic N) is 2. The fourth-order valence-electron chi connectivity index (χ4n) is 1.08. The van der Waals surface area contributed by atoms with Gasteiger partial charge in [-0.15, -0.1) is 0 Å². The van der Waals surface area contributed by atoms with Gasteiger partial charge in [-0.1, -0.05) is 0 Å². The molecule has 1 saturated carbocycles. The molecule has 0 aliphatic heterocycles. The van der Waals surface area contributed by atoms with Crippen LogP contribution < -0.4 is 15.4 Å². The predicted molar refractivity (Wildman–Crippen MR) is 61.0 cm³/mol. The summed E-state index contributed by atoms with van der Waals surface area (Å²) in [6, 6.07) is 2.23. The van der Waals surface area contributed by atoms with Crippen LogP contribution in [0, 0.1) is 0 Å². The van der Waals surface area contributed by atoms with Crippen molar-refractivity contribution >= 4 is 23.1 Å². The van der Waals surface area contributed by atoms with E-state index in [0.717, 1.165) is 0 Å². The first-order valence-corrected chi connectivity index (χ1v) is 5.12. The topological polar surface area (TPSA) is 59.1 Å². The zero-order valence-corrected chi connectivity index (χ0v) is 9.17. The highest BCUT2D eigenvalue weighted by molar-refractivity contribution is 7.80. The van der Waals surface area contributed by atoms with Gasteiger partial charge in [-0.25, -0.2) is 9.97 Å². The molecule has 0 spiro atoms. The molecule has 0 unspecified atom stereocenters. The lowest BCUT2D eigenvalue weighted by Gasteiger charge is -2.08. The minimum absolute atomic E-state index is 0.515. The average molecular weight is 224 g/mol. The molecule has 1 aromatic heterocycles. The molecule has 6 heteroatoms. The third kappa shape index (κ3) is 3.02. The molecule has 5 nitrogen and oxygen atoms in total. The van der Waals surface area contributed by atoms with Gasteiger partial charge in [0.15, 0.2) is 5.11 Å². The number of hydrogen-bond acceptors (Lipinski definition) is 4. The molecule has 0 radical (unpaired) electrons. The lowest BCUT2D eigenvalue weighted by Crippen LogP contribution is -2.30. The normalized spacial score (nSPS) is 14.5. The highest BCUT2D eigenvalue weighted by Gasteiger charge is 2.21. The van der Waals surface area contributed by atoms with Crippen LogP contribution in [0.5, 0.6) is 5.88 Å². The van der Waals surface area contributed by atoms with E-state index in [1.807, 2.05) is 0 Å². The molecular weight excluding hydrogens is 212 g/mol. The molecular formula is C9H12N4OS. The highest BCUT2D eigenvalue weighted by Crippen LogP contribution is 2.18. The molecule has 1 aromatic rings. The number of rotatable bonds is 3. The molecule has 0 amide bonds. The van der Waals surface area contributed by atoms with Crippen LogP contribution in [0.3, 0.4) is 0 Å². The average Bonchev–Trinajstić information content (AvgIpc) is 3.02. The van der Waals surface area contributed by atoms with Crippen molar-refractivity contribution in [1.82, 2.24) is 15.3 Å². The van der Waals surface area contributed by atoms with Crippen molar-refractivity contribution in [2.75, 3.05) is 12.4 Å². The molecule has 2 rings (SSSR count). The van der Waals surface area contributed by atoms with Gasteiger partial charge in [0, 0.05) is 12.1 Å². The molecule has 15 heavy (non-hydrogen) atoms. The zero-order chi connectivity index (χ0) is 10.7. The molecule has 1 aliphatic carbocycles. The number of anilines is 1. The fraction of sp³-hybridized carbons (Fsp3) is 0.444. The Kier molecular flexibility index (Phi) is 2.96. The maximum absolute atomic E-state index is 5.11. The van der Waals surface area contributed by atoms with Crippen LogP contribution in [0.25, 0.3) is 0 Å². The molecule has 1 fully saturated rings. The van der Waals surface area contributed by atoms with Gasteiger partial charge in [0.25, 0.3) is 0 Å². The molecule has 0 aromatic carbocycles. The summed E-state index contributed by atoms with van der Waals surface area (Å²) in [5.74, 6) is 1.15. The second kappa shape index (κ2) is 4.39. The minimum Gasteiger partial charge on any atom is -0.481 e. The smallest absolute Gasteiger partial charge is 0.218 e. The molecule has 0 atom stereocenters. The van der Waals surface area contributed by atoms with E-state index >= 15 is 0 Å². The van der Waals surface area contributed by atoms with Crippen molar-refractivity contribution in [2.45, 2.75) is 18.9 Å². The second-order valence-corrected chi connectivity index (χ2v) is 3.73. The number of aromatic nitrogens is 2. The van der Waals surface area contributed by atoms with Gasteiger partial charge in [-0.2, -0.15) is 0 Å². The van der Waals surface area contributed by atoms with E-state index in [-0.39, 0.29) is 0 Å². The van der Waals surface area contributed by atoms with Gasteiger partial charge < -0.3 is 15.4 Å². The maximum atomic E-state index is 5.11. The Bertz CT molecular complexity index is 367. The minimum atomic E-state index is 0.515. The van der Waals surface area contributed by atoms with Gasteiger partial charge in [0.1, 0.15) is 12.1 Å². The third-order valence-electron chi connectivity index (χ3n) is 2.01. The van der Waals surface area contributed by atoms with Gasteiger partial charge >= 0.3 is 0 Å². The molecule has 0 saturated heterocycles. The Labute approximate surface area is 93.3 Å². The molecule has 1 heterocycles. The monoisotopic (exact) mass is 224 g/mol. The van der Waals surface area contributed by atoms with Crippen LogP contribution in [0.1, 0.15) is 12.8 Å². The van der Waals surface area contributed by atoms with Crippen LogP contribution in [-0.4, -0.2) is 28.2 Å². The summed E-state index contributed by atoms with van der Waals surface area (Å²) < 4.78 is 4.98. The lowest BCUT2D eigenvalue weighted by molar-refractivity contribution is 0.397. The Morgan fingerprint density at radius 3 is 3.00 bits per heavy atom. The SMILES string of the molecule is COc1cc(NC(=S)NC2CC2)ncn1. The van der Waals surface area contributed by atoms with E-state index in [9.17, 15) is 0 Å². The van der Waals surface area contributed by atoms with Crippen molar-refractivity contribution in [3.05, 3.63) is 12.4 Å². The van der Waals surface area contributed by atoms with E-state index in [1.165, 1.54) is 19.2 Å². The van der Waals surface area contributed by atoms with E-state index in [0.29, 0.717) is 22.9 Å². The number of hydrogen-bond donors (Lipinski definition) is 2. The van der Waals surface area contributed by atoms with Gasteiger partial charge in [0.2, 0.25) is 5.88 Å². The molecule has 1 aliphatic rings. The van der Waals surface area contributed by atoms with Crippen LogP contribution in [0.15, 0.2) is 12.4 Å². The van der Waals surface area contributed by atoms with Gasteiger partial charge in [-0.3, -0.25) is 0 Å². The molecule has 80 valence electrons. The van der Waals surface area contributed by atoms with Crippen molar-refractivity contribution in [2.24, 2.45) is 0 Å². The Morgan fingerprint density at radius 1 is 1.53 bits per heavy atom. The third-order valence-corrected chi connectivity index (χ3v) is 2.23. The van der Waals surface area contributed by atoms with Crippen LogP contribution in [-0.2, 0) is 0 Å². The number of thiocarbonyl (C=S) groups is 1. The quantitative estimate of drug-likeness (QED) is 0.745. The lowest BCUT2D eigenvalue weighted by atomic mass is 10.5. The second-order valence-electron chi connectivity index (χ2n) is 3.32. The van der Waals surface area contributed by atoms with Crippen molar-refractivity contribution < 1.29 is 4.74 Å². The van der Waals surface area contributed by atoms with Gasteiger partial charge in [0.05, 0.1) is 7.11 Å².